The molecule has 0 aromatic heterocycles. The summed E-state index contributed by atoms with van der Waals surface area (Å²) in [5, 5.41) is 0. The van der Waals surface area contributed by atoms with E-state index in [4.69, 9.17) is 0 Å². The highest BCUT2D eigenvalue weighted by Crippen LogP contribution is 2.22. The van der Waals surface area contributed by atoms with Gasteiger partial charge in [-0.3, -0.25) is 4.79 Å². The maximum Gasteiger partial charge on any atom is 0.178 e. The van der Waals surface area contributed by atoms with Gasteiger partial charge in [0.05, 0.1) is 0 Å². The summed E-state index contributed by atoms with van der Waals surface area (Å²) in [4.78, 5) is 11.6. The number of allylic oxidation sites excluding steroid dienone is 2. The molecule has 88 valence electrons. The smallest absolute Gasteiger partial charge is 0.178 e. The second kappa shape index (κ2) is 5.78. The summed E-state index contributed by atoms with van der Waals surface area (Å²) in [6.07, 6.45) is 2.95. The molecule has 0 bridgehead atoms. The van der Waals surface area contributed by atoms with Gasteiger partial charge in [0.2, 0.25) is 0 Å². The predicted molar refractivity (Wildman–Crippen MR) is 75.2 cm³/mol. The second-order valence-electron chi connectivity index (χ2n) is 3.90. The fourth-order valence-electron chi connectivity index (χ4n) is 1.77. The lowest BCUT2D eigenvalue weighted by Gasteiger charge is -2.07. The molecule has 0 saturated carbocycles. The Kier molecular flexibility index (Phi) is 3.87. The SMILES string of the molecule is C=CC(=O)C=C(c1ccccc1)c1ccccc1. The first-order valence-corrected chi connectivity index (χ1v) is 5.80. The summed E-state index contributed by atoms with van der Waals surface area (Å²) in [6, 6.07) is 19.8. The Bertz CT molecular complexity index is 524. The normalized spacial score (nSPS) is 9.56. The van der Waals surface area contributed by atoms with Crippen molar-refractivity contribution >= 4 is 11.4 Å². The number of carbonyl (C=O) groups excluding carboxylic acids is 1. The molecule has 0 unspecified atom stereocenters. The molecule has 0 amide bonds. The van der Waals surface area contributed by atoms with E-state index in [0.717, 1.165) is 16.7 Å². The Balaban J connectivity index is 2.52. The van der Waals surface area contributed by atoms with E-state index in [1.54, 1.807) is 6.08 Å². The Labute approximate surface area is 107 Å². The molecule has 0 fully saturated rings. The topological polar surface area (TPSA) is 17.1 Å². The summed E-state index contributed by atoms with van der Waals surface area (Å²) >= 11 is 0. The van der Waals surface area contributed by atoms with Crippen molar-refractivity contribution in [3.8, 4) is 0 Å². The molecule has 18 heavy (non-hydrogen) atoms. The molecule has 2 aromatic rings. The Morgan fingerprint density at radius 3 is 1.67 bits per heavy atom. The predicted octanol–water partition coefficient (Wildman–Crippen LogP) is 3.87. The zero-order chi connectivity index (χ0) is 12.8. The Morgan fingerprint density at radius 1 is 0.833 bits per heavy atom. The number of benzene rings is 2. The van der Waals surface area contributed by atoms with Crippen LogP contribution in [0.1, 0.15) is 11.1 Å². The van der Waals surface area contributed by atoms with Gasteiger partial charge in [0.15, 0.2) is 5.78 Å². The highest BCUT2D eigenvalue weighted by atomic mass is 16.1. The largest absolute Gasteiger partial charge is 0.290 e. The van der Waals surface area contributed by atoms with Gasteiger partial charge in [-0.2, -0.15) is 0 Å². The first-order chi connectivity index (χ1) is 8.81. The van der Waals surface area contributed by atoms with E-state index in [1.165, 1.54) is 6.08 Å². The third-order valence-corrected chi connectivity index (χ3v) is 2.66. The molecule has 0 radical (unpaired) electrons. The van der Waals surface area contributed by atoms with Gasteiger partial charge in [-0.1, -0.05) is 67.2 Å². The maximum absolute atomic E-state index is 11.6. The molecule has 0 atom stereocenters. The molecule has 0 saturated heterocycles. The van der Waals surface area contributed by atoms with Gasteiger partial charge in [-0.25, -0.2) is 0 Å². The zero-order valence-electron chi connectivity index (χ0n) is 10.0. The van der Waals surface area contributed by atoms with Crippen LogP contribution in [0.4, 0.5) is 0 Å². The van der Waals surface area contributed by atoms with Crippen LogP contribution in [-0.4, -0.2) is 5.78 Å². The third-order valence-electron chi connectivity index (χ3n) is 2.66. The lowest BCUT2D eigenvalue weighted by Crippen LogP contribution is -1.92. The molecule has 0 aliphatic carbocycles. The van der Waals surface area contributed by atoms with Crippen LogP contribution in [0.2, 0.25) is 0 Å². The van der Waals surface area contributed by atoms with Crippen molar-refractivity contribution < 1.29 is 4.79 Å². The standard InChI is InChI=1S/C17H14O/c1-2-16(18)13-17(14-9-5-3-6-10-14)15-11-7-4-8-12-15/h2-13H,1H2. The zero-order valence-corrected chi connectivity index (χ0v) is 10.0. The monoisotopic (exact) mass is 234 g/mol. The van der Waals surface area contributed by atoms with Crippen LogP contribution in [0, 0.1) is 0 Å². The van der Waals surface area contributed by atoms with Crippen molar-refractivity contribution in [3.05, 3.63) is 90.5 Å². The molecule has 0 aliphatic rings. The number of ketones is 1. The summed E-state index contributed by atoms with van der Waals surface area (Å²) in [5.41, 5.74) is 2.97. The van der Waals surface area contributed by atoms with E-state index in [9.17, 15) is 4.79 Å². The van der Waals surface area contributed by atoms with Gasteiger partial charge in [0, 0.05) is 0 Å². The molecule has 1 nitrogen and oxygen atoms in total. The minimum absolute atomic E-state index is 0.0855. The summed E-state index contributed by atoms with van der Waals surface area (Å²) in [5.74, 6) is -0.0855. The van der Waals surface area contributed by atoms with Crippen molar-refractivity contribution in [2.75, 3.05) is 0 Å². The Hall–Kier alpha value is -2.41. The van der Waals surface area contributed by atoms with Crippen molar-refractivity contribution in [2.24, 2.45) is 0 Å². The fraction of sp³-hybridized carbons (Fsp3) is 0. The minimum atomic E-state index is -0.0855. The van der Waals surface area contributed by atoms with E-state index in [2.05, 4.69) is 6.58 Å². The molecule has 1 heteroatoms. The quantitative estimate of drug-likeness (QED) is 0.734. The highest BCUT2D eigenvalue weighted by Gasteiger charge is 2.05. The fourth-order valence-corrected chi connectivity index (χ4v) is 1.77. The molecule has 2 rings (SSSR count). The van der Waals surface area contributed by atoms with Gasteiger partial charge in [-0.15, -0.1) is 0 Å². The number of hydrogen-bond donors (Lipinski definition) is 0. The first-order valence-electron chi connectivity index (χ1n) is 5.80. The van der Waals surface area contributed by atoms with E-state index in [-0.39, 0.29) is 5.78 Å². The van der Waals surface area contributed by atoms with Gasteiger partial charge in [0.1, 0.15) is 0 Å². The molecular formula is C17H14O. The van der Waals surface area contributed by atoms with Crippen LogP contribution in [0.25, 0.3) is 5.57 Å². The first kappa shape index (κ1) is 12.1. The molecule has 0 aliphatic heterocycles. The van der Waals surface area contributed by atoms with E-state index < -0.39 is 0 Å². The molecule has 0 heterocycles. The highest BCUT2D eigenvalue weighted by molar-refractivity contribution is 6.06. The molecular weight excluding hydrogens is 220 g/mol. The lowest BCUT2D eigenvalue weighted by molar-refractivity contribution is -0.110. The van der Waals surface area contributed by atoms with Gasteiger partial charge in [0.25, 0.3) is 0 Å². The average Bonchev–Trinajstić information content (AvgIpc) is 2.46. The van der Waals surface area contributed by atoms with Crippen LogP contribution in [0.5, 0.6) is 0 Å². The van der Waals surface area contributed by atoms with E-state index >= 15 is 0 Å². The average molecular weight is 234 g/mol. The number of carbonyl (C=O) groups is 1. The summed E-state index contributed by atoms with van der Waals surface area (Å²) < 4.78 is 0. The molecule has 0 N–H and O–H groups in total. The Morgan fingerprint density at radius 2 is 1.28 bits per heavy atom. The molecule has 2 aromatic carbocycles. The third kappa shape index (κ3) is 2.83. The van der Waals surface area contributed by atoms with Gasteiger partial charge < -0.3 is 0 Å². The maximum atomic E-state index is 11.6. The number of rotatable bonds is 4. The van der Waals surface area contributed by atoms with E-state index in [0.29, 0.717) is 0 Å². The molecule has 0 spiro atoms. The van der Waals surface area contributed by atoms with E-state index in [1.807, 2.05) is 60.7 Å². The van der Waals surface area contributed by atoms with Crippen LogP contribution in [0.15, 0.2) is 79.4 Å². The van der Waals surface area contributed by atoms with Crippen molar-refractivity contribution in [3.63, 3.8) is 0 Å². The second-order valence-corrected chi connectivity index (χ2v) is 3.90. The van der Waals surface area contributed by atoms with Crippen LogP contribution >= 0.6 is 0 Å². The van der Waals surface area contributed by atoms with Crippen molar-refractivity contribution in [1.29, 1.82) is 0 Å². The number of hydrogen-bond acceptors (Lipinski definition) is 1. The summed E-state index contributed by atoms with van der Waals surface area (Å²) in [6.45, 7) is 3.51. The minimum Gasteiger partial charge on any atom is -0.290 e. The van der Waals surface area contributed by atoms with Gasteiger partial charge in [-0.05, 0) is 28.9 Å². The summed E-state index contributed by atoms with van der Waals surface area (Å²) in [7, 11) is 0. The van der Waals surface area contributed by atoms with Crippen LogP contribution in [0.3, 0.4) is 0 Å². The van der Waals surface area contributed by atoms with Gasteiger partial charge >= 0.3 is 0 Å². The van der Waals surface area contributed by atoms with Crippen LogP contribution < -0.4 is 0 Å². The van der Waals surface area contributed by atoms with Crippen molar-refractivity contribution in [1.82, 2.24) is 0 Å². The lowest BCUT2D eigenvalue weighted by atomic mass is 9.97. The van der Waals surface area contributed by atoms with Crippen LogP contribution in [-0.2, 0) is 4.79 Å². The van der Waals surface area contributed by atoms with Crippen molar-refractivity contribution in [2.45, 2.75) is 0 Å².